The molecule has 1 fully saturated rings. The van der Waals surface area contributed by atoms with Crippen LogP contribution >= 0.6 is 23.8 Å². The average Bonchev–Trinajstić information content (AvgIpc) is 2.69. The second-order valence-electron chi connectivity index (χ2n) is 5.67. The molecule has 1 aromatic rings. The third-order valence-corrected chi connectivity index (χ3v) is 4.52. The summed E-state index contributed by atoms with van der Waals surface area (Å²) in [5.74, 6) is 0.536. The van der Waals surface area contributed by atoms with E-state index in [1.54, 1.807) is 18.2 Å². The molecule has 1 amide bonds. The Kier molecular flexibility index (Phi) is 6.00. The van der Waals surface area contributed by atoms with Crippen molar-refractivity contribution in [2.75, 3.05) is 5.32 Å². The number of halogens is 1. The molecule has 21 heavy (non-hydrogen) atoms. The molecule has 3 nitrogen and oxygen atoms in total. The van der Waals surface area contributed by atoms with E-state index in [9.17, 15) is 4.79 Å². The molecule has 1 saturated carbocycles. The minimum absolute atomic E-state index is 0.0341. The first-order valence-electron chi connectivity index (χ1n) is 7.45. The molecule has 1 aliphatic rings. The van der Waals surface area contributed by atoms with Crippen LogP contribution < -0.4 is 11.1 Å². The maximum atomic E-state index is 12.1. The van der Waals surface area contributed by atoms with Gasteiger partial charge < -0.3 is 11.1 Å². The average molecular weight is 325 g/mol. The highest BCUT2D eigenvalue weighted by atomic mass is 35.5. The molecule has 0 atom stereocenters. The molecular formula is C16H21ClN2OS. The van der Waals surface area contributed by atoms with Gasteiger partial charge in [0.25, 0.3) is 0 Å². The fraction of sp³-hybridized carbons (Fsp3) is 0.500. The Balaban J connectivity index is 1.94. The van der Waals surface area contributed by atoms with Crippen LogP contribution in [0.25, 0.3) is 0 Å². The minimum atomic E-state index is 0.0341. The zero-order valence-electron chi connectivity index (χ0n) is 12.0. The van der Waals surface area contributed by atoms with Crippen molar-refractivity contribution >= 4 is 40.4 Å². The molecule has 0 bridgehead atoms. The zero-order valence-corrected chi connectivity index (χ0v) is 13.6. The van der Waals surface area contributed by atoms with Crippen molar-refractivity contribution in [2.45, 2.75) is 44.9 Å². The number of carbonyl (C=O) groups excluding carboxylic acids is 1. The van der Waals surface area contributed by atoms with Gasteiger partial charge in [0.05, 0.1) is 10.7 Å². The lowest BCUT2D eigenvalue weighted by Gasteiger charge is -2.14. The Bertz CT molecular complexity index is 525. The van der Waals surface area contributed by atoms with Crippen LogP contribution in [0.2, 0.25) is 5.02 Å². The Hall–Kier alpha value is -1.13. The molecule has 0 spiro atoms. The van der Waals surface area contributed by atoms with E-state index >= 15 is 0 Å². The molecule has 0 aromatic heterocycles. The number of thiocarbonyl (C=S) groups is 1. The molecule has 0 saturated heterocycles. The van der Waals surface area contributed by atoms with Gasteiger partial charge in [0.2, 0.25) is 5.91 Å². The van der Waals surface area contributed by atoms with Crippen molar-refractivity contribution < 1.29 is 4.79 Å². The molecule has 0 heterocycles. The lowest BCUT2D eigenvalue weighted by molar-refractivity contribution is -0.117. The molecule has 0 aliphatic heterocycles. The van der Waals surface area contributed by atoms with E-state index in [0.29, 0.717) is 33.6 Å². The molecule has 1 aromatic carbocycles. The molecule has 3 N–H and O–H groups in total. The molecule has 2 rings (SSSR count). The van der Waals surface area contributed by atoms with Crippen LogP contribution in [0.3, 0.4) is 0 Å². The summed E-state index contributed by atoms with van der Waals surface area (Å²) in [6.07, 6.45) is 7.95. The first kappa shape index (κ1) is 16.2. The van der Waals surface area contributed by atoms with E-state index in [-0.39, 0.29) is 5.91 Å². The molecule has 0 unspecified atom stereocenters. The standard InChI is InChI=1S/C16H21ClN2OS/c17-13-10-12(16(18)21)7-8-14(13)19-15(20)9-11-5-3-1-2-4-6-11/h7-8,10-11H,1-6,9H2,(H2,18,21)(H,19,20). The van der Waals surface area contributed by atoms with Crippen LogP contribution in [0.5, 0.6) is 0 Å². The van der Waals surface area contributed by atoms with Crippen LogP contribution in [-0.4, -0.2) is 10.9 Å². The van der Waals surface area contributed by atoms with E-state index in [1.165, 1.54) is 25.7 Å². The Morgan fingerprint density at radius 2 is 1.95 bits per heavy atom. The van der Waals surface area contributed by atoms with Gasteiger partial charge in [-0.3, -0.25) is 4.79 Å². The Labute approximate surface area is 136 Å². The first-order chi connectivity index (χ1) is 10.1. The number of benzene rings is 1. The van der Waals surface area contributed by atoms with Crippen molar-refractivity contribution in [3.05, 3.63) is 28.8 Å². The van der Waals surface area contributed by atoms with E-state index in [1.807, 2.05) is 0 Å². The third-order valence-electron chi connectivity index (χ3n) is 3.98. The second kappa shape index (κ2) is 7.76. The number of amides is 1. The predicted octanol–water partition coefficient (Wildman–Crippen LogP) is 4.27. The summed E-state index contributed by atoms with van der Waals surface area (Å²) in [4.78, 5) is 12.4. The zero-order chi connectivity index (χ0) is 15.2. The van der Waals surface area contributed by atoms with Gasteiger partial charge in [0, 0.05) is 12.0 Å². The van der Waals surface area contributed by atoms with Crippen LogP contribution in [-0.2, 0) is 4.79 Å². The fourth-order valence-electron chi connectivity index (χ4n) is 2.80. The van der Waals surface area contributed by atoms with Gasteiger partial charge in [0.1, 0.15) is 4.99 Å². The van der Waals surface area contributed by atoms with Gasteiger partial charge in [-0.2, -0.15) is 0 Å². The van der Waals surface area contributed by atoms with Crippen molar-refractivity contribution in [3.63, 3.8) is 0 Å². The van der Waals surface area contributed by atoms with Gasteiger partial charge in [-0.25, -0.2) is 0 Å². The third kappa shape index (κ3) is 4.97. The van der Waals surface area contributed by atoms with Crippen molar-refractivity contribution in [2.24, 2.45) is 11.7 Å². The summed E-state index contributed by atoms with van der Waals surface area (Å²) in [5, 5.41) is 3.36. The number of hydrogen-bond acceptors (Lipinski definition) is 2. The number of anilines is 1. The predicted molar refractivity (Wildman–Crippen MR) is 91.8 cm³/mol. The molecular weight excluding hydrogens is 304 g/mol. The monoisotopic (exact) mass is 324 g/mol. The van der Waals surface area contributed by atoms with Crippen LogP contribution in [0, 0.1) is 5.92 Å². The normalized spacial score (nSPS) is 16.2. The summed E-state index contributed by atoms with van der Waals surface area (Å²) in [5.41, 5.74) is 6.88. The van der Waals surface area contributed by atoms with Gasteiger partial charge >= 0.3 is 0 Å². The van der Waals surface area contributed by atoms with Crippen LogP contribution in [0.15, 0.2) is 18.2 Å². The number of rotatable bonds is 4. The maximum absolute atomic E-state index is 12.1. The molecule has 1 aliphatic carbocycles. The topological polar surface area (TPSA) is 55.1 Å². The van der Waals surface area contributed by atoms with Crippen molar-refractivity contribution in [1.82, 2.24) is 0 Å². The van der Waals surface area contributed by atoms with Crippen LogP contribution in [0.4, 0.5) is 5.69 Å². The fourth-order valence-corrected chi connectivity index (χ4v) is 3.16. The summed E-state index contributed by atoms with van der Waals surface area (Å²) in [6, 6.07) is 5.21. The lowest BCUT2D eigenvalue weighted by atomic mass is 9.96. The van der Waals surface area contributed by atoms with Crippen molar-refractivity contribution in [1.29, 1.82) is 0 Å². The maximum Gasteiger partial charge on any atom is 0.224 e. The smallest absolute Gasteiger partial charge is 0.224 e. The van der Waals surface area contributed by atoms with Gasteiger partial charge in [-0.05, 0) is 37.0 Å². The number of nitrogens with one attached hydrogen (secondary N) is 1. The van der Waals surface area contributed by atoms with Crippen molar-refractivity contribution in [3.8, 4) is 0 Å². The largest absolute Gasteiger partial charge is 0.389 e. The van der Waals surface area contributed by atoms with E-state index in [0.717, 1.165) is 12.8 Å². The first-order valence-corrected chi connectivity index (χ1v) is 8.24. The summed E-state index contributed by atoms with van der Waals surface area (Å²) < 4.78 is 0. The number of hydrogen-bond donors (Lipinski definition) is 2. The van der Waals surface area contributed by atoms with Gasteiger partial charge in [-0.15, -0.1) is 0 Å². The second-order valence-corrected chi connectivity index (χ2v) is 6.52. The van der Waals surface area contributed by atoms with Crippen LogP contribution in [0.1, 0.15) is 50.5 Å². The molecule has 114 valence electrons. The summed E-state index contributed by atoms with van der Waals surface area (Å²) in [7, 11) is 0. The SMILES string of the molecule is NC(=S)c1ccc(NC(=O)CC2CCCCCC2)c(Cl)c1. The van der Waals surface area contributed by atoms with Gasteiger partial charge in [0.15, 0.2) is 0 Å². The highest BCUT2D eigenvalue weighted by Crippen LogP contribution is 2.27. The summed E-state index contributed by atoms with van der Waals surface area (Å²) in [6.45, 7) is 0. The minimum Gasteiger partial charge on any atom is -0.389 e. The molecule has 5 heteroatoms. The summed E-state index contributed by atoms with van der Waals surface area (Å²) >= 11 is 11.1. The van der Waals surface area contributed by atoms with Gasteiger partial charge in [-0.1, -0.05) is 49.5 Å². The van der Waals surface area contributed by atoms with E-state index in [4.69, 9.17) is 29.6 Å². The Morgan fingerprint density at radius 1 is 1.29 bits per heavy atom. The lowest BCUT2D eigenvalue weighted by Crippen LogP contribution is -2.17. The highest BCUT2D eigenvalue weighted by molar-refractivity contribution is 7.80. The number of carbonyl (C=O) groups is 1. The number of nitrogens with two attached hydrogens (primary N) is 1. The Morgan fingerprint density at radius 3 is 2.52 bits per heavy atom. The van der Waals surface area contributed by atoms with E-state index in [2.05, 4.69) is 5.32 Å². The van der Waals surface area contributed by atoms with E-state index < -0.39 is 0 Å². The molecule has 0 radical (unpaired) electrons. The highest BCUT2D eigenvalue weighted by Gasteiger charge is 2.16. The quantitative estimate of drug-likeness (QED) is 0.642.